The van der Waals surface area contributed by atoms with E-state index < -0.39 is 23.6 Å². The van der Waals surface area contributed by atoms with Gasteiger partial charge < -0.3 is 10.6 Å². The Labute approximate surface area is 138 Å². The standard InChI is InChI=1S/C17H17F3N2O2/c1-3-5-6-7-8-21-16(24)12-9-13(17(18,19)20)11-14(10-12)22-15(23)4-2/h1,4,9-11H,2,5-8H2,(H,21,24)(H,22,23). The monoisotopic (exact) mass is 338 g/mol. The van der Waals surface area contributed by atoms with Gasteiger partial charge in [0.25, 0.3) is 5.91 Å². The van der Waals surface area contributed by atoms with Crippen LogP contribution in [0.3, 0.4) is 0 Å². The Hall–Kier alpha value is -2.75. The lowest BCUT2D eigenvalue weighted by atomic mass is 10.1. The maximum Gasteiger partial charge on any atom is 0.416 e. The molecule has 0 bridgehead atoms. The van der Waals surface area contributed by atoms with Gasteiger partial charge in [-0.25, -0.2) is 0 Å². The molecule has 1 rings (SSSR count). The molecule has 2 N–H and O–H groups in total. The zero-order chi connectivity index (χ0) is 18.2. The summed E-state index contributed by atoms with van der Waals surface area (Å²) >= 11 is 0. The molecule has 7 heteroatoms. The molecule has 0 atom stereocenters. The molecule has 0 heterocycles. The Morgan fingerprint density at radius 2 is 1.96 bits per heavy atom. The Morgan fingerprint density at radius 1 is 1.25 bits per heavy atom. The molecule has 128 valence electrons. The molecule has 4 nitrogen and oxygen atoms in total. The van der Waals surface area contributed by atoms with Crippen molar-refractivity contribution < 1.29 is 22.8 Å². The van der Waals surface area contributed by atoms with Gasteiger partial charge in [0, 0.05) is 24.2 Å². The number of terminal acetylenes is 1. The molecule has 0 saturated heterocycles. The van der Waals surface area contributed by atoms with Crippen LogP contribution in [0.15, 0.2) is 30.9 Å². The molecule has 0 spiro atoms. The number of unbranched alkanes of at least 4 members (excludes halogenated alkanes) is 2. The molecule has 2 amide bonds. The maximum absolute atomic E-state index is 12.9. The Bertz CT molecular complexity index is 661. The van der Waals surface area contributed by atoms with Crippen molar-refractivity contribution in [3.05, 3.63) is 42.0 Å². The number of anilines is 1. The predicted molar refractivity (Wildman–Crippen MR) is 85.3 cm³/mol. The molecule has 0 radical (unpaired) electrons. The number of halogens is 3. The SMILES string of the molecule is C#CCCCCNC(=O)c1cc(NC(=O)C=C)cc(C(F)(F)F)c1. The van der Waals surface area contributed by atoms with Crippen LogP contribution in [0.2, 0.25) is 0 Å². The molecule has 24 heavy (non-hydrogen) atoms. The van der Waals surface area contributed by atoms with Gasteiger partial charge in [-0.1, -0.05) is 6.58 Å². The van der Waals surface area contributed by atoms with Crippen molar-refractivity contribution in [3.63, 3.8) is 0 Å². The van der Waals surface area contributed by atoms with Crippen molar-refractivity contribution in [2.24, 2.45) is 0 Å². The molecule has 0 unspecified atom stereocenters. The number of carbonyl (C=O) groups excluding carboxylic acids is 2. The van der Waals surface area contributed by atoms with Gasteiger partial charge in [-0.2, -0.15) is 13.2 Å². The van der Waals surface area contributed by atoms with Crippen molar-refractivity contribution >= 4 is 17.5 Å². The molecule has 0 aliphatic heterocycles. The third kappa shape index (κ3) is 6.16. The van der Waals surface area contributed by atoms with Gasteiger partial charge in [0.05, 0.1) is 5.56 Å². The van der Waals surface area contributed by atoms with Gasteiger partial charge in [0.1, 0.15) is 0 Å². The minimum atomic E-state index is -4.64. The van der Waals surface area contributed by atoms with E-state index in [1.807, 2.05) is 0 Å². The van der Waals surface area contributed by atoms with E-state index in [0.29, 0.717) is 25.8 Å². The first kappa shape index (κ1) is 19.3. The van der Waals surface area contributed by atoms with E-state index >= 15 is 0 Å². The topological polar surface area (TPSA) is 58.2 Å². The lowest BCUT2D eigenvalue weighted by molar-refractivity contribution is -0.137. The van der Waals surface area contributed by atoms with Crippen LogP contribution in [0.5, 0.6) is 0 Å². The second-order valence-corrected chi connectivity index (χ2v) is 4.91. The highest BCUT2D eigenvalue weighted by molar-refractivity contribution is 6.01. The van der Waals surface area contributed by atoms with Crippen LogP contribution in [-0.4, -0.2) is 18.4 Å². The normalized spacial score (nSPS) is 10.6. The van der Waals surface area contributed by atoms with Crippen molar-refractivity contribution in [2.75, 3.05) is 11.9 Å². The largest absolute Gasteiger partial charge is 0.416 e. The van der Waals surface area contributed by atoms with E-state index in [-0.39, 0.29) is 11.3 Å². The first-order valence-corrected chi connectivity index (χ1v) is 7.15. The lowest BCUT2D eigenvalue weighted by Crippen LogP contribution is -2.25. The highest BCUT2D eigenvalue weighted by Gasteiger charge is 2.32. The van der Waals surface area contributed by atoms with Gasteiger partial charge in [0.2, 0.25) is 5.91 Å². The van der Waals surface area contributed by atoms with Gasteiger partial charge in [-0.05, 0) is 37.1 Å². The molecule has 1 aromatic rings. The van der Waals surface area contributed by atoms with Crippen LogP contribution in [0.1, 0.15) is 35.2 Å². The first-order valence-electron chi connectivity index (χ1n) is 7.15. The number of rotatable bonds is 7. The van der Waals surface area contributed by atoms with Gasteiger partial charge in [-0.3, -0.25) is 9.59 Å². The number of hydrogen-bond acceptors (Lipinski definition) is 2. The average molecular weight is 338 g/mol. The number of benzene rings is 1. The predicted octanol–water partition coefficient (Wildman–Crippen LogP) is 3.36. The molecule has 1 aromatic carbocycles. The zero-order valence-corrected chi connectivity index (χ0v) is 12.9. The Balaban J connectivity index is 2.93. The number of carbonyl (C=O) groups is 2. The summed E-state index contributed by atoms with van der Waals surface area (Å²) in [5, 5.41) is 4.75. The van der Waals surface area contributed by atoms with Gasteiger partial charge in [0.15, 0.2) is 0 Å². The summed E-state index contributed by atoms with van der Waals surface area (Å²) in [4.78, 5) is 23.3. The lowest BCUT2D eigenvalue weighted by Gasteiger charge is -2.12. The number of hydrogen-bond donors (Lipinski definition) is 2. The Morgan fingerprint density at radius 3 is 2.54 bits per heavy atom. The molecule has 0 aliphatic carbocycles. The summed E-state index contributed by atoms with van der Waals surface area (Å²) in [6.07, 6.45) is 3.28. The molecule has 0 fully saturated rings. The van der Waals surface area contributed by atoms with E-state index in [0.717, 1.165) is 18.2 Å². The zero-order valence-electron chi connectivity index (χ0n) is 12.9. The van der Waals surface area contributed by atoms with Crippen molar-refractivity contribution in [1.29, 1.82) is 0 Å². The summed E-state index contributed by atoms with van der Waals surface area (Å²) < 4.78 is 38.8. The van der Waals surface area contributed by atoms with E-state index in [2.05, 4.69) is 23.1 Å². The summed E-state index contributed by atoms with van der Waals surface area (Å²) in [5.41, 5.74) is -1.35. The number of nitrogens with one attached hydrogen (secondary N) is 2. The molecule has 0 saturated carbocycles. The molecule has 0 aliphatic rings. The number of amides is 2. The minimum absolute atomic E-state index is 0.132. The van der Waals surface area contributed by atoms with Crippen LogP contribution in [-0.2, 0) is 11.0 Å². The van der Waals surface area contributed by atoms with Gasteiger partial charge in [-0.15, -0.1) is 12.3 Å². The summed E-state index contributed by atoms with van der Waals surface area (Å²) in [5.74, 6) is 1.13. The molecular weight excluding hydrogens is 321 g/mol. The number of alkyl halides is 3. The quantitative estimate of drug-likeness (QED) is 0.455. The fourth-order valence-electron chi connectivity index (χ4n) is 1.84. The maximum atomic E-state index is 12.9. The fraction of sp³-hybridized carbons (Fsp3) is 0.294. The van der Waals surface area contributed by atoms with Crippen molar-refractivity contribution in [2.45, 2.75) is 25.4 Å². The summed E-state index contributed by atoms with van der Waals surface area (Å²) in [6.45, 7) is 3.52. The van der Waals surface area contributed by atoms with Gasteiger partial charge >= 0.3 is 6.18 Å². The van der Waals surface area contributed by atoms with Crippen LogP contribution in [0.4, 0.5) is 18.9 Å². The highest BCUT2D eigenvalue weighted by atomic mass is 19.4. The van der Waals surface area contributed by atoms with Crippen molar-refractivity contribution in [3.8, 4) is 12.3 Å². The summed E-state index contributed by atoms with van der Waals surface area (Å²) in [7, 11) is 0. The van der Waals surface area contributed by atoms with Crippen molar-refractivity contribution in [1.82, 2.24) is 5.32 Å². The smallest absolute Gasteiger partial charge is 0.352 e. The molecular formula is C17H17F3N2O2. The highest BCUT2D eigenvalue weighted by Crippen LogP contribution is 2.32. The van der Waals surface area contributed by atoms with E-state index in [1.165, 1.54) is 6.07 Å². The fourth-order valence-corrected chi connectivity index (χ4v) is 1.84. The average Bonchev–Trinajstić information content (AvgIpc) is 2.53. The Kier molecular flexibility index (Phi) is 7.05. The second-order valence-electron chi connectivity index (χ2n) is 4.91. The molecule has 0 aromatic heterocycles. The third-order valence-electron chi connectivity index (χ3n) is 3.01. The van der Waals surface area contributed by atoms with Crippen LogP contribution < -0.4 is 10.6 Å². The van der Waals surface area contributed by atoms with E-state index in [9.17, 15) is 22.8 Å². The third-order valence-corrected chi connectivity index (χ3v) is 3.01. The van der Waals surface area contributed by atoms with E-state index in [1.54, 1.807) is 0 Å². The first-order chi connectivity index (χ1) is 11.3. The van der Waals surface area contributed by atoms with E-state index in [4.69, 9.17) is 6.42 Å². The van der Waals surface area contributed by atoms with Crippen LogP contribution >= 0.6 is 0 Å². The minimum Gasteiger partial charge on any atom is -0.352 e. The van der Waals surface area contributed by atoms with Crippen LogP contribution in [0.25, 0.3) is 0 Å². The second kappa shape index (κ2) is 8.77. The van der Waals surface area contributed by atoms with Crippen LogP contribution in [0, 0.1) is 12.3 Å². The summed E-state index contributed by atoms with van der Waals surface area (Å²) in [6, 6.07) is 2.67.